The molecule has 7 nitrogen and oxygen atoms in total. The second kappa shape index (κ2) is 10.8. The number of benzene rings is 1. The summed E-state index contributed by atoms with van der Waals surface area (Å²) < 4.78 is 16.5. The SMILES string of the molecule is COC[C@@H](O)CNC(=O)c1ccc(OC2CCN(C3CCCC3)CC2)c(OC)c1. The van der Waals surface area contributed by atoms with Crippen molar-refractivity contribution in [3.05, 3.63) is 23.8 Å². The molecule has 7 heteroatoms. The summed E-state index contributed by atoms with van der Waals surface area (Å²) in [5.74, 6) is 0.950. The molecule has 1 aliphatic heterocycles. The predicted octanol–water partition coefficient (Wildman–Crippen LogP) is 2.22. The normalized spacial score (nSPS) is 19.8. The van der Waals surface area contributed by atoms with Crippen molar-refractivity contribution in [1.82, 2.24) is 10.2 Å². The van der Waals surface area contributed by atoms with Gasteiger partial charge in [0.15, 0.2) is 11.5 Å². The topological polar surface area (TPSA) is 80.3 Å². The van der Waals surface area contributed by atoms with Crippen molar-refractivity contribution in [3.63, 3.8) is 0 Å². The van der Waals surface area contributed by atoms with Crippen LogP contribution in [0.15, 0.2) is 18.2 Å². The van der Waals surface area contributed by atoms with Crippen LogP contribution in [0.1, 0.15) is 48.9 Å². The van der Waals surface area contributed by atoms with Gasteiger partial charge in [-0.1, -0.05) is 12.8 Å². The van der Waals surface area contributed by atoms with Crippen LogP contribution in [-0.4, -0.2) is 74.6 Å². The van der Waals surface area contributed by atoms with Gasteiger partial charge >= 0.3 is 0 Å². The van der Waals surface area contributed by atoms with E-state index in [1.807, 2.05) is 0 Å². The van der Waals surface area contributed by atoms with Gasteiger partial charge in [-0.15, -0.1) is 0 Å². The number of aliphatic hydroxyl groups excluding tert-OH is 1. The molecule has 2 aliphatic rings. The van der Waals surface area contributed by atoms with Crippen molar-refractivity contribution in [1.29, 1.82) is 0 Å². The molecular weight excluding hydrogens is 372 g/mol. The lowest BCUT2D eigenvalue weighted by Crippen LogP contribution is -2.43. The Morgan fingerprint density at radius 1 is 1.17 bits per heavy atom. The molecule has 1 aromatic rings. The summed E-state index contributed by atoms with van der Waals surface area (Å²) in [7, 11) is 3.09. The summed E-state index contributed by atoms with van der Waals surface area (Å²) in [4.78, 5) is 14.9. The summed E-state index contributed by atoms with van der Waals surface area (Å²) in [5, 5.41) is 12.4. The molecule has 0 radical (unpaired) electrons. The van der Waals surface area contributed by atoms with Crippen LogP contribution >= 0.6 is 0 Å². The number of hydrogen-bond acceptors (Lipinski definition) is 6. The van der Waals surface area contributed by atoms with Crippen LogP contribution < -0.4 is 14.8 Å². The van der Waals surface area contributed by atoms with Gasteiger partial charge in [0.05, 0.1) is 19.8 Å². The van der Waals surface area contributed by atoms with E-state index in [4.69, 9.17) is 14.2 Å². The van der Waals surface area contributed by atoms with Crippen LogP contribution in [0.3, 0.4) is 0 Å². The Kier molecular flexibility index (Phi) is 8.15. The molecule has 1 saturated carbocycles. The van der Waals surface area contributed by atoms with Gasteiger partial charge in [-0.25, -0.2) is 0 Å². The number of rotatable bonds is 9. The molecule has 0 spiro atoms. The van der Waals surface area contributed by atoms with E-state index in [1.54, 1.807) is 25.3 Å². The van der Waals surface area contributed by atoms with Crippen LogP contribution in [-0.2, 0) is 4.74 Å². The Hall–Kier alpha value is -1.83. The number of nitrogens with one attached hydrogen (secondary N) is 1. The standard InChI is InChI=1S/C22H34N2O5/c1-27-15-18(25)14-23-22(26)16-7-8-20(21(13-16)28-2)29-19-9-11-24(12-10-19)17-5-3-4-6-17/h7-8,13,17-19,25H,3-6,9-12,14-15H2,1-2H3,(H,23,26)/t18-/m0/s1. The molecule has 1 saturated heterocycles. The molecule has 0 aromatic heterocycles. The van der Waals surface area contributed by atoms with E-state index >= 15 is 0 Å². The third-order valence-corrected chi connectivity index (χ3v) is 5.89. The number of carbonyl (C=O) groups is 1. The predicted molar refractivity (Wildman–Crippen MR) is 111 cm³/mol. The molecular formula is C22H34N2O5. The van der Waals surface area contributed by atoms with E-state index in [1.165, 1.54) is 32.8 Å². The zero-order valence-corrected chi connectivity index (χ0v) is 17.6. The maximum atomic E-state index is 12.3. The number of amides is 1. The summed E-state index contributed by atoms with van der Waals surface area (Å²) in [6, 6.07) is 5.97. The van der Waals surface area contributed by atoms with E-state index in [-0.39, 0.29) is 25.2 Å². The lowest BCUT2D eigenvalue weighted by molar-refractivity contribution is 0.0609. The maximum Gasteiger partial charge on any atom is 0.251 e. The first-order valence-electron chi connectivity index (χ1n) is 10.6. The van der Waals surface area contributed by atoms with E-state index < -0.39 is 6.10 Å². The molecule has 3 rings (SSSR count). The van der Waals surface area contributed by atoms with Gasteiger partial charge in [-0.05, 0) is 43.9 Å². The minimum atomic E-state index is -0.733. The van der Waals surface area contributed by atoms with Crippen molar-refractivity contribution in [2.45, 2.75) is 56.8 Å². The number of likely N-dealkylation sites (tertiary alicyclic amines) is 1. The number of carbonyl (C=O) groups excluding carboxylic acids is 1. The van der Waals surface area contributed by atoms with Gasteiger partial charge in [0.1, 0.15) is 6.10 Å². The Morgan fingerprint density at radius 3 is 2.55 bits per heavy atom. The van der Waals surface area contributed by atoms with E-state index in [0.29, 0.717) is 17.1 Å². The fraction of sp³-hybridized carbons (Fsp3) is 0.682. The summed E-state index contributed by atoms with van der Waals surface area (Å²) >= 11 is 0. The Balaban J connectivity index is 1.53. The Labute approximate surface area is 173 Å². The first-order valence-corrected chi connectivity index (χ1v) is 10.6. The highest BCUT2D eigenvalue weighted by Crippen LogP contribution is 2.32. The monoisotopic (exact) mass is 406 g/mol. The molecule has 1 aromatic carbocycles. The molecule has 1 heterocycles. The van der Waals surface area contributed by atoms with Crippen LogP contribution in [0.5, 0.6) is 11.5 Å². The lowest BCUT2D eigenvalue weighted by atomic mass is 10.0. The minimum absolute atomic E-state index is 0.132. The highest BCUT2D eigenvalue weighted by molar-refractivity contribution is 5.94. The third kappa shape index (κ3) is 6.07. The second-order valence-corrected chi connectivity index (χ2v) is 7.98. The fourth-order valence-corrected chi connectivity index (χ4v) is 4.28. The molecule has 2 fully saturated rings. The van der Waals surface area contributed by atoms with Crippen LogP contribution in [0.2, 0.25) is 0 Å². The van der Waals surface area contributed by atoms with Gasteiger partial charge in [-0.2, -0.15) is 0 Å². The molecule has 0 bridgehead atoms. The average molecular weight is 407 g/mol. The first kappa shape index (κ1) is 21.9. The number of piperidine rings is 1. The number of methoxy groups -OCH3 is 2. The fourth-order valence-electron chi connectivity index (χ4n) is 4.28. The quantitative estimate of drug-likeness (QED) is 0.655. The number of aliphatic hydroxyl groups is 1. The van der Waals surface area contributed by atoms with Crippen LogP contribution in [0, 0.1) is 0 Å². The zero-order valence-electron chi connectivity index (χ0n) is 17.6. The maximum absolute atomic E-state index is 12.3. The molecule has 1 aliphatic carbocycles. The smallest absolute Gasteiger partial charge is 0.251 e. The molecule has 1 atom stereocenters. The second-order valence-electron chi connectivity index (χ2n) is 7.98. The molecule has 0 unspecified atom stereocenters. The number of nitrogens with zero attached hydrogens (tertiary/aromatic N) is 1. The van der Waals surface area contributed by atoms with E-state index in [2.05, 4.69) is 10.2 Å². The molecule has 2 N–H and O–H groups in total. The van der Waals surface area contributed by atoms with Gasteiger partial charge in [0, 0.05) is 38.3 Å². The van der Waals surface area contributed by atoms with Crippen LogP contribution in [0.4, 0.5) is 0 Å². The van der Waals surface area contributed by atoms with Crippen molar-refractivity contribution >= 4 is 5.91 Å². The van der Waals surface area contributed by atoms with Gasteiger partial charge < -0.3 is 29.5 Å². The van der Waals surface area contributed by atoms with Gasteiger partial charge in [0.2, 0.25) is 0 Å². The molecule has 162 valence electrons. The lowest BCUT2D eigenvalue weighted by Gasteiger charge is -2.36. The van der Waals surface area contributed by atoms with Crippen molar-refractivity contribution < 1.29 is 24.1 Å². The minimum Gasteiger partial charge on any atom is -0.493 e. The highest BCUT2D eigenvalue weighted by Gasteiger charge is 2.28. The summed E-state index contributed by atoms with van der Waals surface area (Å²) in [6.07, 6.45) is 6.87. The zero-order chi connectivity index (χ0) is 20.6. The summed E-state index contributed by atoms with van der Waals surface area (Å²) in [6.45, 7) is 2.48. The summed E-state index contributed by atoms with van der Waals surface area (Å²) in [5.41, 5.74) is 0.467. The third-order valence-electron chi connectivity index (χ3n) is 5.89. The average Bonchev–Trinajstić information content (AvgIpc) is 3.28. The van der Waals surface area contributed by atoms with Crippen molar-refractivity contribution in [2.24, 2.45) is 0 Å². The highest BCUT2D eigenvalue weighted by atomic mass is 16.5. The Morgan fingerprint density at radius 2 is 1.90 bits per heavy atom. The number of ether oxygens (including phenoxy) is 3. The first-order chi connectivity index (χ1) is 14.1. The van der Waals surface area contributed by atoms with Gasteiger partial charge in [0.25, 0.3) is 5.91 Å². The molecule has 1 amide bonds. The van der Waals surface area contributed by atoms with Crippen LogP contribution in [0.25, 0.3) is 0 Å². The van der Waals surface area contributed by atoms with Gasteiger partial charge in [-0.3, -0.25) is 4.79 Å². The van der Waals surface area contributed by atoms with E-state index in [9.17, 15) is 9.90 Å². The largest absolute Gasteiger partial charge is 0.493 e. The number of hydrogen-bond donors (Lipinski definition) is 2. The van der Waals surface area contributed by atoms with E-state index in [0.717, 1.165) is 32.0 Å². The Bertz CT molecular complexity index is 655. The van der Waals surface area contributed by atoms with Crippen molar-refractivity contribution in [2.75, 3.05) is 40.5 Å². The van der Waals surface area contributed by atoms with Crippen molar-refractivity contribution in [3.8, 4) is 11.5 Å². The molecule has 29 heavy (non-hydrogen) atoms.